The molecule has 0 saturated heterocycles. The second-order valence-corrected chi connectivity index (χ2v) is 7.18. The summed E-state index contributed by atoms with van der Waals surface area (Å²) in [5, 5.41) is 3.52. The number of rotatable bonds is 4. The van der Waals surface area contributed by atoms with Crippen molar-refractivity contribution in [3.63, 3.8) is 0 Å². The first-order valence-corrected chi connectivity index (χ1v) is 8.24. The molecular formula is C16H17FN2OS. The molecule has 1 amide bonds. The minimum atomic E-state index is -0.360. The number of thiophene rings is 1. The zero-order valence-corrected chi connectivity index (χ0v) is 12.4. The summed E-state index contributed by atoms with van der Waals surface area (Å²) < 4.78 is 14.6. The number of fused-ring (bicyclic) bond motifs is 1. The monoisotopic (exact) mass is 304 g/mol. The Balaban J connectivity index is 1.64. The van der Waals surface area contributed by atoms with Gasteiger partial charge < -0.3 is 11.1 Å². The fourth-order valence-electron chi connectivity index (χ4n) is 3.05. The molecule has 1 heterocycles. The summed E-state index contributed by atoms with van der Waals surface area (Å²) in [5.74, 6) is 0.765. The molecule has 2 aliphatic rings. The molecule has 1 aromatic heterocycles. The normalized spacial score (nSPS) is 18.4. The lowest BCUT2D eigenvalue weighted by Gasteiger charge is -2.17. The van der Waals surface area contributed by atoms with Gasteiger partial charge in [-0.3, -0.25) is 4.79 Å². The summed E-state index contributed by atoms with van der Waals surface area (Å²) in [6.45, 7) is 0. The van der Waals surface area contributed by atoms with Crippen molar-refractivity contribution < 1.29 is 9.18 Å². The third-order valence-corrected chi connectivity index (χ3v) is 5.63. The van der Waals surface area contributed by atoms with Crippen molar-refractivity contribution in [1.82, 2.24) is 5.32 Å². The second kappa shape index (κ2) is 4.70. The number of anilines is 1. The summed E-state index contributed by atoms with van der Waals surface area (Å²) >= 11 is 1.28. The SMILES string of the molecule is Nc1c(C(=O)NC(C2CC2)C2CC2)sc2cccc(F)c12. The van der Waals surface area contributed by atoms with Crippen LogP contribution in [0.2, 0.25) is 0 Å². The fraction of sp³-hybridized carbons (Fsp3) is 0.438. The highest BCUT2D eigenvalue weighted by molar-refractivity contribution is 7.21. The lowest BCUT2D eigenvalue weighted by atomic mass is 10.1. The molecule has 110 valence electrons. The third kappa shape index (κ3) is 2.29. The second-order valence-electron chi connectivity index (χ2n) is 6.13. The smallest absolute Gasteiger partial charge is 0.263 e. The topological polar surface area (TPSA) is 55.1 Å². The zero-order chi connectivity index (χ0) is 14.6. The summed E-state index contributed by atoms with van der Waals surface area (Å²) in [6, 6.07) is 5.11. The van der Waals surface area contributed by atoms with Crippen LogP contribution in [0.4, 0.5) is 10.1 Å². The van der Waals surface area contributed by atoms with Gasteiger partial charge in [-0.15, -0.1) is 11.3 Å². The van der Waals surface area contributed by atoms with Gasteiger partial charge in [0.1, 0.15) is 10.7 Å². The number of nitrogens with two attached hydrogens (primary N) is 1. The van der Waals surface area contributed by atoms with Crippen LogP contribution in [0.1, 0.15) is 35.4 Å². The lowest BCUT2D eigenvalue weighted by Crippen LogP contribution is -2.37. The minimum Gasteiger partial charge on any atom is -0.397 e. The van der Waals surface area contributed by atoms with E-state index >= 15 is 0 Å². The number of hydrogen-bond acceptors (Lipinski definition) is 3. The number of amides is 1. The maximum Gasteiger partial charge on any atom is 0.263 e. The van der Waals surface area contributed by atoms with Crippen molar-refractivity contribution in [1.29, 1.82) is 0 Å². The van der Waals surface area contributed by atoms with Crippen LogP contribution >= 0.6 is 11.3 Å². The highest BCUT2D eigenvalue weighted by atomic mass is 32.1. The Bertz CT molecular complexity index is 706. The van der Waals surface area contributed by atoms with Gasteiger partial charge in [0.05, 0.1) is 11.1 Å². The van der Waals surface area contributed by atoms with E-state index in [1.807, 2.05) is 0 Å². The maximum atomic E-state index is 13.9. The third-order valence-electron chi connectivity index (χ3n) is 4.47. The molecule has 3 N–H and O–H groups in total. The van der Waals surface area contributed by atoms with E-state index in [0.717, 1.165) is 4.70 Å². The van der Waals surface area contributed by atoms with Crippen molar-refractivity contribution in [3.05, 3.63) is 28.9 Å². The first kappa shape index (κ1) is 13.1. The molecule has 0 atom stereocenters. The van der Waals surface area contributed by atoms with Crippen LogP contribution in [-0.2, 0) is 0 Å². The molecule has 0 spiro atoms. The number of nitrogen functional groups attached to an aromatic ring is 1. The lowest BCUT2D eigenvalue weighted by molar-refractivity contribution is 0.0931. The quantitative estimate of drug-likeness (QED) is 0.907. The molecule has 5 heteroatoms. The molecule has 2 fully saturated rings. The van der Waals surface area contributed by atoms with Gasteiger partial charge in [-0.25, -0.2) is 4.39 Å². The van der Waals surface area contributed by atoms with E-state index in [0.29, 0.717) is 22.1 Å². The Morgan fingerprint density at radius 3 is 2.52 bits per heavy atom. The number of nitrogens with one attached hydrogen (secondary N) is 1. The van der Waals surface area contributed by atoms with E-state index in [2.05, 4.69) is 5.32 Å². The summed E-state index contributed by atoms with van der Waals surface area (Å²) in [4.78, 5) is 13.0. The van der Waals surface area contributed by atoms with E-state index in [-0.39, 0.29) is 23.5 Å². The molecule has 0 radical (unpaired) electrons. The van der Waals surface area contributed by atoms with Crippen molar-refractivity contribution in [2.75, 3.05) is 5.73 Å². The van der Waals surface area contributed by atoms with Gasteiger partial charge in [-0.2, -0.15) is 0 Å². The van der Waals surface area contributed by atoms with Crippen LogP contribution in [0, 0.1) is 17.7 Å². The number of halogens is 1. The standard InChI is InChI=1S/C16H17FN2OS/c17-10-2-1-3-11-12(10)13(18)15(21-11)16(20)19-14(8-4-5-8)9-6-7-9/h1-3,8-9,14H,4-7,18H2,(H,19,20). The summed E-state index contributed by atoms with van der Waals surface area (Å²) in [5.41, 5.74) is 6.28. The van der Waals surface area contributed by atoms with Crippen LogP contribution < -0.4 is 11.1 Å². The largest absolute Gasteiger partial charge is 0.397 e. The Kier molecular flexibility index (Phi) is 2.92. The fourth-order valence-corrected chi connectivity index (χ4v) is 4.09. The summed E-state index contributed by atoms with van der Waals surface area (Å²) in [6.07, 6.45) is 4.83. The van der Waals surface area contributed by atoms with Gasteiger partial charge in [0.25, 0.3) is 5.91 Å². The Hall–Kier alpha value is -1.62. The molecule has 0 bridgehead atoms. The molecule has 2 aromatic rings. The number of benzene rings is 1. The average molecular weight is 304 g/mol. The molecule has 4 rings (SSSR count). The van der Waals surface area contributed by atoms with E-state index in [1.165, 1.54) is 43.1 Å². The number of hydrogen-bond donors (Lipinski definition) is 2. The van der Waals surface area contributed by atoms with Crippen LogP contribution in [0.25, 0.3) is 10.1 Å². The van der Waals surface area contributed by atoms with Gasteiger partial charge in [0, 0.05) is 10.7 Å². The maximum absolute atomic E-state index is 13.9. The predicted octanol–water partition coefficient (Wildman–Crippen LogP) is 3.54. The van der Waals surface area contributed by atoms with E-state index in [9.17, 15) is 9.18 Å². The van der Waals surface area contributed by atoms with Gasteiger partial charge in [0.2, 0.25) is 0 Å². The van der Waals surface area contributed by atoms with Crippen LogP contribution in [0.5, 0.6) is 0 Å². The Labute approximate surface area is 126 Å². The molecule has 21 heavy (non-hydrogen) atoms. The van der Waals surface area contributed by atoms with Gasteiger partial charge in [0.15, 0.2) is 0 Å². The van der Waals surface area contributed by atoms with Gasteiger partial charge in [-0.1, -0.05) is 6.07 Å². The van der Waals surface area contributed by atoms with E-state index in [1.54, 1.807) is 12.1 Å². The molecule has 0 unspecified atom stereocenters. The van der Waals surface area contributed by atoms with Crippen molar-refractivity contribution in [3.8, 4) is 0 Å². The van der Waals surface area contributed by atoms with Crippen LogP contribution in [0.15, 0.2) is 18.2 Å². The van der Waals surface area contributed by atoms with E-state index < -0.39 is 0 Å². The first-order chi connectivity index (χ1) is 10.1. The molecule has 3 nitrogen and oxygen atoms in total. The van der Waals surface area contributed by atoms with Gasteiger partial charge >= 0.3 is 0 Å². The Morgan fingerprint density at radius 1 is 1.29 bits per heavy atom. The average Bonchev–Trinajstić information content (AvgIpc) is 3.35. The van der Waals surface area contributed by atoms with E-state index in [4.69, 9.17) is 5.73 Å². The number of carbonyl (C=O) groups is 1. The highest BCUT2D eigenvalue weighted by Gasteiger charge is 2.42. The first-order valence-electron chi connectivity index (χ1n) is 7.42. The molecule has 1 aromatic carbocycles. The van der Waals surface area contributed by atoms with Crippen molar-refractivity contribution in [2.24, 2.45) is 11.8 Å². The minimum absolute atomic E-state index is 0.142. The predicted molar refractivity (Wildman–Crippen MR) is 82.9 cm³/mol. The van der Waals surface area contributed by atoms with Crippen LogP contribution in [-0.4, -0.2) is 11.9 Å². The van der Waals surface area contributed by atoms with Crippen molar-refractivity contribution >= 4 is 33.0 Å². The molecule has 2 aliphatic carbocycles. The van der Waals surface area contributed by atoms with Gasteiger partial charge in [-0.05, 0) is 49.7 Å². The van der Waals surface area contributed by atoms with Crippen molar-refractivity contribution in [2.45, 2.75) is 31.7 Å². The molecular weight excluding hydrogens is 287 g/mol. The summed E-state index contributed by atoms with van der Waals surface area (Å²) in [7, 11) is 0. The number of carbonyl (C=O) groups excluding carboxylic acids is 1. The zero-order valence-electron chi connectivity index (χ0n) is 11.6. The van der Waals surface area contributed by atoms with Crippen LogP contribution in [0.3, 0.4) is 0 Å². The highest BCUT2D eigenvalue weighted by Crippen LogP contribution is 2.45. The molecule has 0 aliphatic heterocycles. The molecule has 2 saturated carbocycles. The Morgan fingerprint density at radius 2 is 1.95 bits per heavy atom.